The lowest BCUT2D eigenvalue weighted by atomic mass is 10.0. The summed E-state index contributed by atoms with van der Waals surface area (Å²) < 4.78 is 10.7. The van der Waals surface area contributed by atoms with E-state index < -0.39 is 0 Å². The predicted molar refractivity (Wildman–Crippen MR) is 133 cm³/mol. The maximum Gasteiger partial charge on any atom is 0.333 e. The number of aromatic nitrogens is 6. The van der Waals surface area contributed by atoms with Crippen LogP contribution in [-0.2, 0) is 24.9 Å². The highest BCUT2D eigenvalue weighted by Crippen LogP contribution is 2.31. The van der Waals surface area contributed by atoms with Gasteiger partial charge in [0.25, 0.3) is 0 Å². The largest absolute Gasteiger partial charge is 0.383 e. The maximum absolute atomic E-state index is 13.3. The van der Waals surface area contributed by atoms with E-state index in [2.05, 4.69) is 21.1 Å². The average Bonchev–Trinajstić information content (AvgIpc) is 3.34. The molecule has 0 saturated carbocycles. The molecule has 4 heterocycles. The van der Waals surface area contributed by atoms with Gasteiger partial charge in [-0.25, -0.2) is 9.78 Å². The van der Waals surface area contributed by atoms with Gasteiger partial charge in [0.15, 0.2) is 0 Å². The Morgan fingerprint density at radius 3 is 2.65 bits per heavy atom. The van der Waals surface area contributed by atoms with Gasteiger partial charge in [0.1, 0.15) is 5.82 Å². The van der Waals surface area contributed by atoms with E-state index in [1.165, 1.54) is 0 Å². The molecule has 0 radical (unpaired) electrons. The highest BCUT2D eigenvalue weighted by Gasteiger charge is 2.19. The van der Waals surface area contributed by atoms with Gasteiger partial charge in [-0.3, -0.25) is 18.8 Å². The number of fused-ring (bicyclic) bond motifs is 3. The van der Waals surface area contributed by atoms with Crippen molar-refractivity contribution in [3.8, 4) is 16.8 Å². The number of pyridine rings is 2. The van der Waals surface area contributed by atoms with Crippen molar-refractivity contribution in [2.24, 2.45) is 7.05 Å². The number of imidazole rings is 1. The molecule has 5 rings (SSSR count). The summed E-state index contributed by atoms with van der Waals surface area (Å²) in [6, 6.07) is 8.02. The average molecular weight is 458 g/mol. The Hall–Kier alpha value is -3.98. The molecule has 0 aliphatic rings. The molecule has 0 aliphatic carbocycles. The molecule has 174 valence electrons. The number of hydrogen-bond acceptors (Lipinski definition) is 6. The van der Waals surface area contributed by atoms with Crippen LogP contribution in [0.1, 0.15) is 25.1 Å². The van der Waals surface area contributed by atoms with Gasteiger partial charge >= 0.3 is 5.69 Å². The molecule has 0 atom stereocenters. The Kier molecular flexibility index (Phi) is 5.41. The van der Waals surface area contributed by atoms with Crippen LogP contribution < -0.4 is 11.4 Å². The maximum atomic E-state index is 13.3. The fourth-order valence-electron chi connectivity index (χ4n) is 4.30. The van der Waals surface area contributed by atoms with E-state index in [1.807, 2.05) is 49.8 Å². The smallest absolute Gasteiger partial charge is 0.333 e. The lowest BCUT2D eigenvalue weighted by Crippen LogP contribution is -2.21. The number of rotatable bonds is 6. The van der Waals surface area contributed by atoms with Gasteiger partial charge in [-0.15, -0.1) is 0 Å². The van der Waals surface area contributed by atoms with Crippen LogP contribution in [0.4, 0.5) is 5.82 Å². The van der Waals surface area contributed by atoms with E-state index in [4.69, 9.17) is 10.5 Å². The minimum atomic E-state index is -0.137. The highest BCUT2D eigenvalue weighted by atomic mass is 16.5. The normalized spacial score (nSPS) is 11.6. The van der Waals surface area contributed by atoms with Crippen molar-refractivity contribution in [1.82, 2.24) is 28.9 Å². The molecule has 0 aliphatic heterocycles. The summed E-state index contributed by atoms with van der Waals surface area (Å²) in [7, 11) is 1.77. The van der Waals surface area contributed by atoms with Gasteiger partial charge in [-0.2, -0.15) is 5.10 Å². The molecule has 0 amide bonds. The Morgan fingerprint density at radius 1 is 1.09 bits per heavy atom. The number of nitrogens with zero attached hydrogens (tertiary/aromatic N) is 6. The summed E-state index contributed by atoms with van der Waals surface area (Å²) in [5.74, 6) is 0.461. The van der Waals surface area contributed by atoms with Gasteiger partial charge < -0.3 is 10.5 Å². The molecule has 1 aromatic carbocycles. The Balaban J connectivity index is 1.77. The molecule has 2 N–H and O–H groups in total. The molecule has 34 heavy (non-hydrogen) atoms. The van der Waals surface area contributed by atoms with Crippen molar-refractivity contribution in [3.05, 3.63) is 64.6 Å². The molecule has 0 unspecified atom stereocenters. The molecule has 5 aromatic rings. The Labute approximate surface area is 196 Å². The molecular weight excluding hydrogens is 430 g/mol. The fourth-order valence-corrected chi connectivity index (χ4v) is 4.30. The molecule has 0 fully saturated rings. The van der Waals surface area contributed by atoms with Gasteiger partial charge in [-0.05, 0) is 44.5 Å². The summed E-state index contributed by atoms with van der Waals surface area (Å²) in [5.41, 5.74) is 12.6. The third-order valence-corrected chi connectivity index (χ3v) is 6.17. The van der Waals surface area contributed by atoms with Gasteiger partial charge in [0, 0.05) is 49.1 Å². The molecule has 0 spiro atoms. The number of benzene rings is 1. The van der Waals surface area contributed by atoms with Crippen LogP contribution in [0.3, 0.4) is 0 Å². The van der Waals surface area contributed by atoms with Gasteiger partial charge in [-0.1, -0.05) is 6.07 Å². The number of aryl methyl sites for hydroxylation is 3. The topological polar surface area (TPSA) is 106 Å². The molecule has 9 heteroatoms. The lowest BCUT2D eigenvalue weighted by Gasteiger charge is -2.10. The number of nitrogen functional groups attached to an aromatic ring is 1. The highest BCUT2D eigenvalue weighted by molar-refractivity contribution is 6.04. The first-order valence-electron chi connectivity index (χ1n) is 11.3. The van der Waals surface area contributed by atoms with E-state index in [-0.39, 0.29) is 5.69 Å². The monoisotopic (exact) mass is 457 g/mol. The number of nitrogens with two attached hydrogens (primary N) is 1. The number of hydrogen-bond donors (Lipinski definition) is 1. The predicted octanol–water partition coefficient (Wildman–Crippen LogP) is 3.58. The molecule has 4 aromatic heterocycles. The SMILES string of the molecule is CCOCc1cc(-c2ccc3ncc4c(c3c2)n(-c2cn(CC)nc2C)c(=O)n4C)cnc1N. The lowest BCUT2D eigenvalue weighted by molar-refractivity contribution is 0.134. The standard InChI is InChI=1S/C25H27N7O2/c1-5-31-13-22(15(3)29-31)32-23-19-10-16(17-9-18(14-34-6-2)24(26)28-11-17)7-8-20(19)27-12-21(23)30(4)25(32)33/h7-13H,5-6,14H2,1-4H3,(H2,26,28). The second-order valence-corrected chi connectivity index (χ2v) is 8.26. The minimum Gasteiger partial charge on any atom is -0.383 e. The van der Waals surface area contributed by atoms with Crippen LogP contribution in [-0.4, -0.2) is 35.5 Å². The van der Waals surface area contributed by atoms with E-state index in [9.17, 15) is 4.79 Å². The second-order valence-electron chi connectivity index (χ2n) is 8.26. The molecular formula is C25H27N7O2. The van der Waals surface area contributed by atoms with Crippen LogP contribution in [0, 0.1) is 6.92 Å². The minimum absolute atomic E-state index is 0.137. The second kappa shape index (κ2) is 8.42. The summed E-state index contributed by atoms with van der Waals surface area (Å²) >= 11 is 0. The Morgan fingerprint density at radius 2 is 1.91 bits per heavy atom. The van der Waals surface area contributed by atoms with Crippen molar-refractivity contribution < 1.29 is 4.74 Å². The summed E-state index contributed by atoms with van der Waals surface area (Å²) in [4.78, 5) is 22.3. The summed E-state index contributed by atoms with van der Waals surface area (Å²) in [5, 5.41) is 5.42. The van der Waals surface area contributed by atoms with E-state index in [0.29, 0.717) is 19.0 Å². The third kappa shape index (κ3) is 3.45. The first-order valence-corrected chi connectivity index (χ1v) is 11.3. The van der Waals surface area contributed by atoms with Crippen molar-refractivity contribution >= 4 is 27.8 Å². The molecule has 0 saturated heterocycles. The first kappa shape index (κ1) is 21.8. The zero-order chi connectivity index (χ0) is 24.0. The molecule has 0 bridgehead atoms. The number of anilines is 1. The zero-order valence-corrected chi connectivity index (χ0v) is 19.7. The Bertz CT molecular complexity index is 1590. The van der Waals surface area contributed by atoms with Crippen molar-refractivity contribution in [3.63, 3.8) is 0 Å². The van der Waals surface area contributed by atoms with E-state index in [0.717, 1.165) is 56.6 Å². The van der Waals surface area contributed by atoms with Gasteiger partial charge in [0.2, 0.25) is 0 Å². The van der Waals surface area contributed by atoms with Crippen LogP contribution in [0.5, 0.6) is 0 Å². The van der Waals surface area contributed by atoms with Crippen molar-refractivity contribution in [2.45, 2.75) is 33.9 Å². The van der Waals surface area contributed by atoms with Gasteiger partial charge in [0.05, 0.1) is 40.7 Å². The first-order chi connectivity index (χ1) is 16.4. The van der Waals surface area contributed by atoms with Crippen molar-refractivity contribution in [2.75, 3.05) is 12.3 Å². The number of ether oxygens (including phenoxy) is 1. The summed E-state index contributed by atoms with van der Waals surface area (Å²) in [6.07, 6.45) is 5.42. The van der Waals surface area contributed by atoms with Crippen LogP contribution in [0.25, 0.3) is 38.8 Å². The van der Waals surface area contributed by atoms with Crippen LogP contribution in [0.15, 0.2) is 47.7 Å². The van der Waals surface area contributed by atoms with E-state index >= 15 is 0 Å². The van der Waals surface area contributed by atoms with Crippen molar-refractivity contribution in [1.29, 1.82) is 0 Å². The van der Waals surface area contributed by atoms with Crippen LogP contribution >= 0.6 is 0 Å². The quantitative estimate of drug-likeness (QED) is 0.418. The molecule has 9 nitrogen and oxygen atoms in total. The van der Waals surface area contributed by atoms with E-state index in [1.54, 1.807) is 28.6 Å². The summed E-state index contributed by atoms with van der Waals surface area (Å²) in [6.45, 7) is 7.61. The third-order valence-electron chi connectivity index (χ3n) is 6.17. The van der Waals surface area contributed by atoms with Crippen LogP contribution in [0.2, 0.25) is 0 Å². The zero-order valence-electron chi connectivity index (χ0n) is 19.7. The fraction of sp³-hybridized carbons (Fsp3) is 0.280.